The summed E-state index contributed by atoms with van der Waals surface area (Å²) in [6, 6.07) is 17.2. The number of aryl methyl sites for hydroxylation is 1. The van der Waals surface area contributed by atoms with Crippen LogP contribution in [0.5, 0.6) is 0 Å². The Kier molecular flexibility index (Phi) is 5.10. The third kappa shape index (κ3) is 3.63. The Morgan fingerprint density at radius 2 is 1.86 bits per heavy atom. The lowest BCUT2D eigenvalue weighted by Gasteiger charge is -2.24. The molecule has 3 aromatic rings. The molecule has 144 valence electrons. The number of carbonyl (C=O) groups excluding carboxylic acids is 2. The molecule has 4 rings (SSSR count). The first kappa shape index (κ1) is 18.2. The third-order valence-corrected chi connectivity index (χ3v) is 5.37. The number of aromatic nitrogens is 2. The summed E-state index contributed by atoms with van der Waals surface area (Å²) in [5.74, 6) is 0.701. The largest absolute Gasteiger partial charge is 0.347 e. The van der Waals surface area contributed by atoms with Crippen LogP contribution in [0.15, 0.2) is 54.6 Å². The van der Waals surface area contributed by atoms with Crippen molar-refractivity contribution in [3.05, 3.63) is 66.0 Å². The van der Waals surface area contributed by atoms with E-state index in [9.17, 15) is 9.59 Å². The zero-order valence-electron chi connectivity index (χ0n) is 16.0. The van der Waals surface area contributed by atoms with Gasteiger partial charge in [-0.15, -0.1) is 0 Å². The molecule has 6 heteroatoms. The molecule has 1 aromatic heterocycles. The Hall–Kier alpha value is -3.15. The van der Waals surface area contributed by atoms with Gasteiger partial charge in [-0.05, 0) is 30.5 Å². The monoisotopic (exact) mass is 376 g/mol. The molecule has 2 amide bonds. The number of benzene rings is 2. The number of likely N-dealkylation sites (tertiary alicyclic amines) is 1. The minimum absolute atomic E-state index is 0.00609. The van der Waals surface area contributed by atoms with Gasteiger partial charge >= 0.3 is 0 Å². The lowest BCUT2D eigenvalue weighted by molar-refractivity contribution is -0.138. The molecule has 1 fully saturated rings. The molecular weight excluding hydrogens is 352 g/mol. The van der Waals surface area contributed by atoms with E-state index in [0.29, 0.717) is 25.9 Å². The fraction of sp³-hybridized carbons (Fsp3) is 0.318. The summed E-state index contributed by atoms with van der Waals surface area (Å²) < 4.78 is 1.99. The van der Waals surface area contributed by atoms with E-state index in [4.69, 9.17) is 0 Å². The highest BCUT2D eigenvalue weighted by Crippen LogP contribution is 2.20. The van der Waals surface area contributed by atoms with Gasteiger partial charge in [0.15, 0.2) is 0 Å². The van der Waals surface area contributed by atoms with Crippen LogP contribution in [0.4, 0.5) is 0 Å². The molecule has 0 radical (unpaired) electrons. The summed E-state index contributed by atoms with van der Waals surface area (Å²) >= 11 is 0. The zero-order valence-corrected chi connectivity index (χ0v) is 16.0. The number of hydrogen-bond acceptors (Lipinski definition) is 3. The number of hydrogen-bond donors (Lipinski definition) is 1. The van der Waals surface area contributed by atoms with Crippen LogP contribution in [0, 0.1) is 0 Å². The van der Waals surface area contributed by atoms with E-state index < -0.39 is 6.04 Å². The van der Waals surface area contributed by atoms with Crippen molar-refractivity contribution in [3.8, 4) is 0 Å². The predicted octanol–water partition coefficient (Wildman–Crippen LogP) is 2.42. The van der Waals surface area contributed by atoms with Crippen molar-refractivity contribution in [1.82, 2.24) is 19.8 Å². The van der Waals surface area contributed by atoms with Crippen LogP contribution in [-0.4, -0.2) is 38.9 Å². The van der Waals surface area contributed by atoms with E-state index in [-0.39, 0.29) is 11.8 Å². The van der Waals surface area contributed by atoms with Gasteiger partial charge in [-0.25, -0.2) is 4.98 Å². The molecule has 2 aromatic carbocycles. The van der Waals surface area contributed by atoms with Gasteiger partial charge in [0.25, 0.3) is 0 Å². The zero-order chi connectivity index (χ0) is 19.5. The van der Waals surface area contributed by atoms with Crippen LogP contribution >= 0.6 is 0 Å². The normalized spacial score (nSPS) is 16.5. The molecule has 1 unspecified atom stereocenters. The first-order valence-corrected chi connectivity index (χ1v) is 9.65. The second-order valence-corrected chi connectivity index (χ2v) is 7.20. The SMILES string of the molecule is Cn1c(CNC(=O)C2CCCN2C(=O)Cc2ccccc2)nc2ccccc21. The van der Waals surface area contributed by atoms with E-state index in [2.05, 4.69) is 10.3 Å². The fourth-order valence-corrected chi connectivity index (χ4v) is 3.85. The summed E-state index contributed by atoms with van der Waals surface area (Å²) in [6.45, 7) is 0.983. The maximum absolute atomic E-state index is 12.8. The lowest BCUT2D eigenvalue weighted by atomic mass is 10.1. The average Bonchev–Trinajstić information content (AvgIpc) is 3.33. The highest BCUT2D eigenvalue weighted by Gasteiger charge is 2.33. The average molecular weight is 376 g/mol. The first-order chi connectivity index (χ1) is 13.6. The summed E-state index contributed by atoms with van der Waals surface area (Å²) in [6.07, 6.45) is 1.88. The fourth-order valence-electron chi connectivity index (χ4n) is 3.85. The van der Waals surface area contributed by atoms with Gasteiger partial charge in [-0.3, -0.25) is 9.59 Å². The van der Waals surface area contributed by atoms with Crippen molar-refractivity contribution in [2.24, 2.45) is 7.05 Å². The summed E-state index contributed by atoms with van der Waals surface area (Å²) in [5.41, 5.74) is 2.92. The molecule has 1 atom stereocenters. The number of rotatable bonds is 5. The second kappa shape index (κ2) is 7.84. The number of imidazole rings is 1. The van der Waals surface area contributed by atoms with Gasteiger partial charge in [0.05, 0.1) is 24.0 Å². The van der Waals surface area contributed by atoms with E-state index in [0.717, 1.165) is 28.8 Å². The topological polar surface area (TPSA) is 67.2 Å². The summed E-state index contributed by atoms with van der Waals surface area (Å²) in [7, 11) is 1.95. The minimum Gasteiger partial charge on any atom is -0.347 e. The molecule has 28 heavy (non-hydrogen) atoms. The Morgan fingerprint density at radius 1 is 1.11 bits per heavy atom. The van der Waals surface area contributed by atoms with Crippen molar-refractivity contribution < 1.29 is 9.59 Å². The number of nitrogens with zero attached hydrogens (tertiary/aromatic N) is 3. The molecule has 0 bridgehead atoms. The van der Waals surface area contributed by atoms with Gasteiger partial charge in [-0.1, -0.05) is 42.5 Å². The van der Waals surface area contributed by atoms with Crippen LogP contribution < -0.4 is 5.32 Å². The van der Waals surface area contributed by atoms with Gasteiger partial charge in [0.1, 0.15) is 11.9 Å². The van der Waals surface area contributed by atoms with Crippen LogP contribution in [0.25, 0.3) is 11.0 Å². The van der Waals surface area contributed by atoms with Crippen molar-refractivity contribution in [1.29, 1.82) is 0 Å². The van der Waals surface area contributed by atoms with Gasteiger partial charge < -0.3 is 14.8 Å². The highest BCUT2D eigenvalue weighted by atomic mass is 16.2. The van der Waals surface area contributed by atoms with Crippen LogP contribution in [0.3, 0.4) is 0 Å². The molecular formula is C22H24N4O2. The minimum atomic E-state index is -0.397. The molecule has 6 nitrogen and oxygen atoms in total. The summed E-state index contributed by atoms with van der Waals surface area (Å²) in [5, 5.41) is 2.98. The smallest absolute Gasteiger partial charge is 0.243 e. The van der Waals surface area contributed by atoms with Crippen LogP contribution in [0.2, 0.25) is 0 Å². The second-order valence-electron chi connectivity index (χ2n) is 7.20. The Balaban J connectivity index is 1.40. The standard InChI is InChI=1S/C22H24N4O2/c1-25-18-11-6-5-10-17(18)24-20(25)15-23-22(28)19-12-7-13-26(19)21(27)14-16-8-3-2-4-9-16/h2-6,8-11,19H,7,12-15H2,1H3,(H,23,28). The van der Waals surface area contributed by atoms with E-state index in [1.165, 1.54) is 0 Å². The Morgan fingerprint density at radius 3 is 2.64 bits per heavy atom. The highest BCUT2D eigenvalue weighted by molar-refractivity contribution is 5.89. The number of fused-ring (bicyclic) bond motifs is 1. The predicted molar refractivity (Wildman–Crippen MR) is 107 cm³/mol. The Labute approximate surface area is 164 Å². The molecule has 1 N–H and O–H groups in total. The van der Waals surface area contributed by atoms with E-state index in [1.807, 2.05) is 66.2 Å². The van der Waals surface area contributed by atoms with Crippen molar-refractivity contribution in [2.45, 2.75) is 31.8 Å². The number of nitrogens with one attached hydrogen (secondary N) is 1. The first-order valence-electron chi connectivity index (χ1n) is 9.65. The van der Waals surface area contributed by atoms with Crippen molar-refractivity contribution in [3.63, 3.8) is 0 Å². The maximum atomic E-state index is 12.8. The molecule has 0 saturated carbocycles. The quantitative estimate of drug-likeness (QED) is 0.744. The molecule has 1 saturated heterocycles. The number of amides is 2. The van der Waals surface area contributed by atoms with Crippen molar-refractivity contribution >= 4 is 22.8 Å². The van der Waals surface area contributed by atoms with Crippen LogP contribution in [-0.2, 0) is 29.6 Å². The summed E-state index contributed by atoms with van der Waals surface area (Å²) in [4.78, 5) is 31.8. The Bertz CT molecular complexity index is 996. The molecule has 2 heterocycles. The lowest BCUT2D eigenvalue weighted by Crippen LogP contribution is -2.46. The molecule has 1 aliphatic heterocycles. The molecule has 1 aliphatic rings. The van der Waals surface area contributed by atoms with Gasteiger partial charge in [-0.2, -0.15) is 0 Å². The molecule has 0 aliphatic carbocycles. The maximum Gasteiger partial charge on any atom is 0.243 e. The van der Waals surface area contributed by atoms with Crippen molar-refractivity contribution in [2.75, 3.05) is 6.54 Å². The van der Waals surface area contributed by atoms with E-state index in [1.54, 1.807) is 4.90 Å². The molecule has 0 spiro atoms. The van der Waals surface area contributed by atoms with E-state index >= 15 is 0 Å². The number of carbonyl (C=O) groups is 2. The third-order valence-electron chi connectivity index (χ3n) is 5.37. The van der Waals surface area contributed by atoms with Crippen LogP contribution in [0.1, 0.15) is 24.2 Å². The van der Waals surface area contributed by atoms with Gasteiger partial charge in [0, 0.05) is 13.6 Å². The van der Waals surface area contributed by atoms with Gasteiger partial charge in [0.2, 0.25) is 11.8 Å². The number of para-hydroxylation sites is 2.